The van der Waals surface area contributed by atoms with Crippen LogP contribution in [0, 0.1) is 13.8 Å². The Hall–Kier alpha value is -1.57. The molecule has 3 aromatic heterocycles. The van der Waals surface area contributed by atoms with Gasteiger partial charge in [-0.3, -0.25) is 4.98 Å². The van der Waals surface area contributed by atoms with E-state index in [-0.39, 0.29) is 0 Å². The molecule has 0 aliphatic rings. The number of nitrogen functional groups attached to an aromatic ring is 1. The van der Waals surface area contributed by atoms with Crippen LogP contribution in [0.4, 0.5) is 5.82 Å². The molecule has 7 heteroatoms. The van der Waals surface area contributed by atoms with Crippen LogP contribution in [-0.4, -0.2) is 15.0 Å². The molecule has 5 nitrogen and oxygen atoms in total. The summed E-state index contributed by atoms with van der Waals surface area (Å²) in [5.74, 6) is 6.91. The van der Waals surface area contributed by atoms with E-state index in [0.717, 1.165) is 15.1 Å². The third-order valence-corrected chi connectivity index (χ3v) is 4.69. The summed E-state index contributed by atoms with van der Waals surface area (Å²) in [5, 5.41) is 1.01. The number of aromatic nitrogens is 3. The number of nitrogens with two attached hydrogens (primary N) is 1. The van der Waals surface area contributed by atoms with Gasteiger partial charge in [0.1, 0.15) is 4.83 Å². The summed E-state index contributed by atoms with van der Waals surface area (Å²) < 4.78 is 0. The lowest BCUT2D eigenvalue weighted by atomic mass is 10.2. The van der Waals surface area contributed by atoms with Crippen molar-refractivity contribution >= 4 is 38.7 Å². The summed E-state index contributed by atoms with van der Waals surface area (Å²) >= 11 is 3.17. The molecule has 0 aromatic carbocycles. The summed E-state index contributed by atoms with van der Waals surface area (Å²) in [6.07, 6.45) is 1.76. The minimum absolute atomic E-state index is 0.666. The highest BCUT2D eigenvalue weighted by molar-refractivity contribution is 7.19. The van der Waals surface area contributed by atoms with Gasteiger partial charge in [0.25, 0.3) is 0 Å². The Morgan fingerprint density at radius 1 is 1.28 bits per heavy atom. The summed E-state index contributed by atoms with van der Waals surface area (Å²) in [7, 11) is 0. The van der Waals surface area contributed by atoms with Gasteiger partial charge < -0.3 is 5.43 Å². The molecule has 0 fully saturated rings. The minimum Gasteiger partial charge on any atom is -0.308 e. The maximum absolute atomic E-state index is 5.57. The molecule has 92 valence electrons. The number of fused-ring (bicyclic) bond motifs is 1. The van der Waals surface area contributed by atoms with E-state index in [1.165, 1.54) is 21.8 Å². The third kappa shape index (κ3) is 1.67. The van der Waals surface area contributed by atoms with Gasteiger partial charge in [-0.2, -0.15) is 0 Å². The smallest absolute Gasteiger partial charge is 0.174 e. The lowest BCUT2D eigenvalue weighted by molar-refractivity contribution is 1.19. The summed E-state index contributed by atoms with van der Waals surface area (Å²) in [6, 6.07) is 0. The van der Waals surface area contributed by atoms with E-state index in [1.807, 2.05) is 0 Å². The molecule has 3 N–H and O–H groups in total. The summed E-state index contributed by atoms with van der Waals surface area (Å²) in [6.45, 7) is 4.14. The molecule has 3 rings (SSSR count). The molecular weight excluding hydrogens is 266 g/mol. The van der Waals surface area contributed by atoms with Crippen molar-refractivity contribution in [2.24, 2.45) is 5.84 Å². The monoisotopic (exact) mass is 277 g/mol. The number of nitrogens with zero attached hydrogens (tertiary/aromatic N) is 3. The number of thiazole rings is 1. The van der Waals surface area contributed by atoms with Gasteiger partial charge in [0.15, 0.2) is 11.6 Å². The lowest BCUT2D eigenvalue weighted by Crippen LogP contribution is -2.10. The zero-order valence-corrected chi connectivity index (χ0v) is 11.5. The van der Waals surface area contributed by atoms with Crippen molar-refractivity contribution in [3.63, 3.8) is 0 Å². The Bertz CT molecular complexity index is 702. The normalized spacial score (nSPS) is 11.1. The topological polar surface area (TPSA) is 76.7 Å². The van der Waals surface area contributed by atoms with E-state index >= 15 is 0 Å². The first-order valence-corrected chi connectivity index (χ1v) is 7.03. The van der Waals surface area contributed by atoms with Gasteiger partial charge in [-0.25, -0.2) is 15.8 Å². The van der Waals surface area contributed by atoms with E-state index in [4.69, 9.17) is 5.84 Å². The molecule has 0 saturated carbocycles. The second-order valence-corrected chi connectivity index (χ2v) is 5.96. The molecule has 0 spiro atoms. The predicted molar refractivity (Wildman–Crippen MR) is 75.8 cm³/mol. The molecule has 0 amide bonds. The Balaban J connectivity index is 2.32. The van der Waals surface area contributed by atoms with Gasteiger partial charge in [0.2, 0.25) is 0 Å². The molecule has 0 aliphatic heterocycles. The zero-order valence-electron chi connectivity index (χ0n) is 9.89. The molecule has 0 bridgehead atoms. The van der Waals surface area contributed by atoms with E-state index < -0.39 is 0 Å². The Morgan fingerprint density at radius 2 is 2.11 bits per heavy atom. The molecular formula is C11H11N5S2. The number of hydrazine groups is 1. The predicted octanol–water partition coefficient (Wildman–Crippen LogP) is 2.72. The summed E-state index contributed by atoms with van der Waals surface area (Å²) in [5.41, 5.74) is 5.61. The Kier molecular flexibility index (Phi) is 2.73. The number of hydrogen-bond donors (Lipinski definition) is 2. The molecule has 0 aliphatic carbocycles. The second-order valence-electron chi connectivity index (χ2n) is 3.87. The highest BCUT2D eigenvalue weighted by Crippen LogP contribution is 2.34. The van der Waals surface area contributed by atoms with Crippen LogP contribution in [0.25, 0.3) is 20.9 Å². The van der Waals surface area contributed by atoms with Crippen LogP contribution in [0.5, 0.6) is 0 Å². The first kappa shape index (κ1) is 11.5. The van der Waals surface area contributed by atoms with Crippen LogP contribution in [-0.2, 0) is 0 Å². The van der Waals surface area contributed by atoms with Crippen molar-refractivity contribution in [2.45, 2.75) is 13.8 Å². The number of nitrogens with one attached hydrogen (secondary N) is 1. The van der Waals surface area contributed by atoms with Gasteiger partial charge in [-0.15, -0.1) is 22.7 Å². The van der Waals surface area contributed by atoms with Crippen LogP contribution < -0.4 is 11.3 Å². The van der Waals surface area contributed by atoms with Crippen molar-refractivity contribution in [1.29, 1.82) is 0 Å². The standard InChI is InChI=1S/C11H11N5S2/c1-5-6(2)18-11-8(5)10(16-12)14-9(15-11)7-3-13-4-17-7/h3-4H,12H2,1-2H3,(H,14,15,16). The van der Waals surface area contributed by atoms with Gasteiger partial charge >= 0.3 is 0 Å². The van der Waals surface area contributed by atoms with Gasteiger partial charge in [-0.1, -0.05) is 0 Å². The average molecular weight is 277 g/mol. The van der Waals surface area contributed by atoms with Gasteiger partial charge in [0.05, 0.1) is 15.8 Å². The second kappa shape index (κ2) is 4.27. The molecule has 18 heavy (non-hydrogen) atoms. The number of rotatable bonds is 2. The number of thiophene rings is 1. The Morgan fingerprint density at radius 3 is 2.78 bits per heavy atom. The number of aryl methyl sites for hydroxylation is 2. The first-order valence-electron chi connectivity index (χ1n) is 5.34. The van der Waals surface area contributed by atoms with Crippen molar-refractivity contribution in [3.8, 4) is 10.7 Å². The zero-order chi connectivity index (χ0) is 12.7. The highest BCUT2D eigenvalue weighted by atomic mass is 32.1. The maximum Gasteiger partial charge on any atom is 0.174 e. The summed E-state index contributed by atoms with van der Waals surface area (Å²) in [4.78, 5) is 16.2. The van der Waals surface area contributed by atoms with Crippen molar-refractivity contribution in [2.75, 3.05) is 5.43 Å². The molecule has 0 atom stereocenters. The molecule has 3 heterocycles. The van der Waals surface area contributed by atoms with Crippen LogP contribution in [0.3, 0.4) is 0 Å². The third-order valence-electron chi connectivity index (χ3n) is 2.82. The van der Waals surface area contributed by atoms with Crippen molar-refractivity contribution in [1.82, 2.24) is 15.0 Å². The first-order chi connectivity index (χ1) is 8.70. The lowest BCUT2D eigenvalue weighted by Gasteiger charge is -2.04. The van der Waals surface area contributed by atoms with E-state index in [1.54, 1.807) is 23.0 Å². The van der Waals surface area contributed by atoms with Gasteiger partial charge in [-0.05, 0) is 19.4 Å². The van der Waals surface area contributed by atoms with Crippen LogP contribution in [0.2, 0.25) is 0 Å². The fourth-order valence-electron chi connectivity index (χ4n) is 1.79. The van der Waals surface area contributed by atoms with Crippen molar-refractivity contribution < 1.29 is 0 Å². The highest BCUT2D eigenvalue weighted by Gasteiger charge is 2.15. The molecule has 0 unspecified atom stereocenters. The molecule has 0 radical (unpaired) electrons. The number of anilines is 1. The average Bonchev–Trinajstić information content (AvgIpc) is 2.98. The maximum atomic E-state index is 5.57. The fourth-order valence-corrected chi connectivity index (χ4v) is 3.37. The molecule has 3 aromatic rings. The van der Waals surface area contributed by atoms with E-state index in [9.17, 15) is 0 Å². The van der Waals surface area contributed by atoms with Crippen LogP contribution in [0.1, 0.15) is 10.4 Å². The minimum atomic E-state index is 0.666. The SMILES string of the molecule is Cc1sc2nc(-c3cncs3)nc(NN)c2c1C. The molecule has 0 saturated heterocycles. The quantitative estimate of drug-likeness (QED) is 0.556. The van der Waals surface area contributed by atoms with Crippen LogP contribution in [0.15, 0.2) is 11.7 Å². The largest absolute Gasteiger partial charge is 0.308 e. The number of hydrogen-bond acceptors (Lipinski definition) is 7. The fraction of sp³-hybridized carbons (Fsp3) is 0.182. The van der Waals surface area contributed by atoms with Gasteiger partial charge in [0, 0.05) is 11.1 Å². The Labute approximate surface area is 112 Å². The van der Waals surface area contributed by atoms with Crippen molar-refractivity contribution in [3.05, 3.63) is 22.1 Å². The van der Waals surface area contributed by atoms with E-state index in [2.05, 4.69) is 34.2 Å². The van der Waals surface area contributed by atoms with E-state index in [0.29, 0.717) is 11.6 Å². The van der Waals surface area contributed by atoms with Crippen LogP contribution >= 0.6 is 22.7 Å².